The van der Waals surface area contributed by atoms with E-state index in [2.05, 4.69) is 383 Å². The van der Waals surface area contributed by atoms with Crippen LogP contribution in [0.3, 0.4) is 0 Å². The molecule has 16 aromatic carbocycles. The Balaban J connectivity index is 0.000000136. The second-order valence-electron chi connectivity index (χ2n) is 25.7. The van der Waals surface area contributed by atoms with Crippen molar-refractivity contribution in [1.29, 1.82) is 0 Å². The number of hydrogen-bond acceptors (Lipinski definition) is 0. The van der Waals surface area contributed by atoms with Crippen LogP contribution in [0.4, 0.5) is 0 Å². The average Bonchev–Trinajstić information content (AvgIpc) is 1.62. The number of aromatic nitrogens is 4. The van der Waals surface area contributed by atoms with Gasteiger partial charge in [0.2, 0.25) is 0 Å². The molecule has 20 rings (SSSR count). The molecule has 0 radical (unpaired) electrons. The highest BCUT2D eigenvalue weighted by atomic mass is 15.0. The standard InChI is InChI=1S/C47H32N2.C46H30N2/c1-31-14-23-38(24-15-31)48-45-13-7-5-11-41(45)43-29-36(22-27-46(43)48)33-16-18-34(19-17-33)37-21-26-42-40-10-4-6-12-44(40)49(47(42)30-37)39-25-20-32-8-2-3-9-35(32)28-39;1-2-12-37(13-3-1)47-43-16-8-6-14-39(43)41-26-23-35(29-45(41)47)32-18-20-33(21-19-32)36-24-27-42-40-15-7-9-17-44(40)48(46(42)30-36)38-25-22-31-10-4-5-11-34(31)28-38/h2-30H,1H3;1-30H. The lowest BCUT2D eigenvalue weighted by Gasteiger charge is -2.11. The summed E-state index contributed by atoms with van der Waals surface area (Å²) in [5.41, 5.74) is 25.4. The van der Waals surface area contributed by atoms with Crippen LogP contribution in [0.25, 0.3) is 176 Å². The first kappa shape index (κ1) is 55.8. The quantitative estimate of drug-likeness (QED) is 0.144. The lowest BCUT2D eigenvalue weighted by atomic mass is 9.98. The first-order chi connectivity index (χ1) is 48.0. The third kappa shape index (κ3) is 9.44. The van der Waals surface area contributed by atoms with Crippen molar-refractivity contribution >= 4 is 109 Å². The van der Waals surface area contributed by atoms with Crippen LogP contribution in [0.1, 0.15) is 5.56 Å². The summed E-state index contributed by atoms with van der Waals surface area (Å²) in [4.78, 5) is 0. The van der Waals surface area contributed by atoms with Crippen LogP contribution in [-0.2, 0) is 0 Å². The second-order valence-corrected chi connectivity index (χ2v) is 25.7. The largest absolute Gasteiger partial charge is 0.309 e. The van der Waals surface area contributed by atoms with Crippen molar-refractivity contribution in [3.05, 3.63) is 363 Å². The van der Waals surface area contributed by atoms with E-state index in [-0.39, 0.29) is 0 Å². The number of aryl methyl sites for hydroxylation is 1. The first-order valence-corrected chi connectivity index (χ1v) is 33.5. The van der Waals surface area contributed by atoms with Gasteiger partial charge < -0.3 is 18.3 Å². The SMILES string of the molecule is Cc1ccc(-n2c3ccccc3c3cc(-c4ccc(-c5ccc6c7ccccc7n(-c7ccc8ccccc8c7)c6c5)cc4)ccc32)cc1.c1ccc(-n2c3ccccc3c3ccc(-c4ccc(-c5ccc6c7ccccc7n(-c7ccc8ccccc8c7)c6c5)cc4)cc32)cc1. The smallest absolute Gasteiger partial charge is 0.0547 e. The predicted molar refractivity (Wildman–Crippen MR) is 412 cm³/mol. The summed E-state index contributed by atoms with van der Waals surface area (Å²) in [5, 5.41) is 15.1. The van der Waals surface area contributed by atoms with Crippen LogP contribution < -0.4 is 0 Å². The maximum atomic E-state index is 2.41. The molecular weight excluding hydrogens is 1170 g/mol. The number of hydrogen-bond donors (Lipinski definition) is 0. The first-order valence-electron chi connectivity index (χ1n) is 33.5. The van der Waals surface area contributed by atoms with Gasteiger partial charge in [0.1, 0.15) is 0 Å². The Hall–Kier alpha value is -12.8. The molecule has 20 aromatic rings. The molecule has 4 heterocycles. The highest BCUT2D eigenvalue weighted by Crippen LogP contribution is 2.41. The van der Waals surface area contributed by atoms with Gasteiger partial charge in [-0.05, 0) is 176 Å². The van der Waals surface area contributed by atoms with E-state index in [1.54, 1.807) is 0 Å². The zero-order valence-corrected chi connectivity index (χ0v) is 53.4. The molecule has 0 saturated heterocycles. The summed E-state index contributed by atoms with van der Waals surface area (Å²) < 4.78 is 9.59. The minimum atomic E-state index is 1.17. The van der Waals surface area contributed by atoms with Gasteiger partial charge in [-0.15, -0.1) is 0 Å². The predicted octanol–water partition coefficient (Wildman–Crippen LogP) is 25.0. The molecule has 454 valence electrons. The summed E-state index contributed by atoms with van der Waals surface area (Å²) in [6.45, 7) is 2.14. The molecule has 0 saturated carbocycles. The van der Waals surface area contributed by atoms with Crippen molar-refractivity contribution < 1.29 is 0 Å². The van der Waals surface area contributed by atoms with Gasteiger partial charge in [0.05, 0.1) is 44.1 Å². The van der Waals surface area contributed by atoms with Crippen molar-refractivity contribution in [2.45, 2.75) is 6.92 Å². The Kier molecular flexibility index (Phi) is 13.1. The van der Waals surface area contributed by atoms with Gasteiger partial charge in [-0.25, -0.2) is 0 Å². The maximum Gasteiger partial charge on any atom is 0.0547 e. The molecule has 4 nitrogen and oxygen atoms in total. The van der Waals surface area contributed by atoms with E-state index >= 15 is 0 Å². The molecule has 0 N–H and O–H groups in total. The van der Waals surface area contributed by atoms with E-state index < -0.39 is 0 Å². The maximum absolute atomic E-state index is 2.41. The highest BCUT2D eigenvalue weighted by molar-refractivity contribution is 6.14. The van der Waals surface area contributed by atoms with Gasteiger partial charge >= 0.3 is 0 Å². The molecule has 0 fully saturated rings. The lowest BCUT2D eigenvalue weighted by molar-refractivity contribution is 1.17. The van der Waals surface area contributed by atoms with Crippen LogP contribution in [0.2, 0.25) is 0 Å². The van der Waals surface area contributed by atoms with Gasteiger partial charge in [0.25, 0.3) is 0 Å². The molecular formula is C93H62N4. The molecule has 97 heavy (non-hydrogen) atoms. The van der Waals surface area contributed by atoms with Gasteiger partial charge in [-0.3, -0.25) is 0 Å². The average molecular weight is 1240 g/mol. The molecule has 0 aliphatic heterocycles. The number of para-hydroxylation sites is 5. The normalized spacial score (nSPS) is 11.8. The Morgan fingerprint density at radius 1 is 0.155 bits per heavy atom. The topological polar surface area (TPSA) is 19.7 Å². The van der Waals surface area contributed by atoms with Gasteiger partial charge in [0.15, 0.2) is 0 Å². The minimum absolute atomic E-state index is 1.17. The Morgan fingerprint density at radius 3 is 0.856 bits per heavy atom. The molecule has 0 amide bonds. The van der Waals surface area contributed by atoms with Crippen LogP contribution in [0, 0.1) is 6.92 Å². The third-order valence-electron chi connectivity index (χ3n) is 20.1. The number of nitrogens with zero attached hydrogens (tertiary/aromatic N) is 4. The van der Waals surface area contributed by atoms with Crippen molar-refractivity contribution in [2.24, 2.45) is 0 Å². The fourth-order valence-corrected chi connectivity index (χ4v) is 15.3. The van der Waals surface area contributed by atoms with Crippen molar-refractivity contribution in [3.63, 3.8) is 0 Å². The van der Waals surface area contributed by atoms with Gasteiger partial charge in [-0.1, -0.05) is 260 Å². The molecule has 4 aromatic heterocycles. The zero-order valence-electron chi connectivity index (χ0n) is 53.4. The molecule has 0 unspecified atom stereocenters. The molecule has 0 aliphatic carbocycles. The summed E-state index contributed by atoms with van der Waals surface area (Å²) in [7, 11) is 0. The van der Waals surface area contributed by atoms with E-state index in [0.717, 1.165) is 0 Å². The Labute approximate surface area is 561 Å². The summed E-state index contributed by atoms with van der Waals surface area (Å²) in [5.74, 6) is 0. The third-order valence-corrected chi connectivity index (χ3v) is 20.1. The Morgan fingerprint density at radius 2 is 0.433 bits per heavy atom. The van der Waals surface area contributed by atoms with E-state index in [0.29, 0.717) is 0 Å². The lowest BCUT2D eigenvalue weighted by Crippen LogP contribution is -1.94. The van der Waals surface area contributed by atoms with E-state index in [1.165, 1.54) is 182 Å². The van der Waals surface area contributed by atoms with Gasteiger partial charge in [-0.2, -0.15) is 0 Å². The fraction of sp³-hybridized carbons (Fsp3) is 0.0108. The van der Waals surface area contributed by atoms with E-state index in [4.69, 9.17) is 0 Å². The zero-order chi connectivity index (χ0) is 64.1. The van der Waals surface area contributed by atoms with E-state index in [9.17, 15) is 0 Å². The summed E-state index contributed by atoms with van der Waals surface area (Å²) >= 11 is 0. The summed E-state index contributed by atoms with van der Waals surface area (Å²) in [6, 6.07) is 131. The van der Waals surface area contributed by atoms with Crippen LogP contribution in [0.5, 0.6) is 0 Å². The van der Waals surface area contributed by atoms with Crippen LogP contribution in [-0.4, -0.2) is 18.3 Å². The van der Waals surface area contributed by atoms with Gasteiger partial charge in [0, 0.05) is 65.8 Å². The van der Waals surface area contributed by atoms with Crippen molar-refractivity contribution in [3.8, 4) is 67.3 Å². The summed E-state index contributed by atoms with van der Waals surface area (Å²) in [6.07, 6.45) is 0. The number of fused-ring (bicyclic) bond motifs is 14. The number of rotatable bonds is 8. The molecule has 0 bridgehead atoms. The number of benzene rings is 16. The molecule has 0 spiro atoms. The van der Waals surface area contributed by atoms with Crippen LogP contribution in [0.15, 0.2) is 358 Å². The molecule has 4 heteroatoms. The second kappa shape index (κ2) is 22.8. The van der Waals surface area contributed by atoms with Crippen molar-refractivity contribution in [1.82, 2.24) is 18.3 Å². The van der Waals surface area contributed by atoms with Crippen LogP contribution >= 0.6 is 0 Å². The molecule has 0 aliphatic rings. The van der Waals surface area contributed by atoms with Crippen molar-refractivity contribution in [2.75, 3.05) is 0 Å². The highest BCUT2D eigenvalue weighted by Gasteiger charge is 2.19. The Bertz CT molecular complexity index is 6480. The van der Waals surface area contributed by atoms with E-state index in [1.807, 2.05) is 0 Å². The fourth-order valence-electron chi connectivity index (χ4n) is 15.3. The molecule has 0 atom stereocenters. The minimum Gasteiger partial charge on any atom is -0.309 e. The monoisotopic (exact) mass is 1230 g/mol.